The molecule has 1 heterocycles. The maximum absolute atomic E-state index is 5.77. The van der Waals surface area contributed by atoms with Crippen molar-refractivity contribution in [1.29, 1.82) is 0 Å². The lowest BCUT2D eigenvalue weighted by Gasteiger charge is -2.23. The summed E-state index contributed by atoms with van der Waals surface area (Å²) in [5.74, 6) is 1.90. The Bertz CT molecular complexity index is 556. The monoisotopic (exact) mass is 244 g/mol. The third kappa shape index (κ3) is 2.20. The molecule has 1 aromatic carbocycles. The van der Waals surface area contributed by atoms with Gasteiger partial charge in [-0.2, -0.15) is 0 Å². The van der Waals surface area contributed by atoms with Crippen LogP contribution < -0.4 is 5.73 Å². The van der Waals surface area contributed by atoms with Gasteiger partial charge in [-0.3, -0.25) is 4.90 Å². The first-order valence-electron chi connectivity index (χ1n) is 6.58. The van der Waals surface area contributed by atoms with Crippen molar-refractivity contribution in [2.75, 3.05) is 12.8 Å². The molecule has 3 N–H and O–H groups in total. The quantitative estimate of drug-likeness (QED) is 0.812. The van der Waals surface area contributed by atoms with Crippen LogP contribution in [0.5, 0.6) is 0 Å². The van der Waals surface area contributed by atoms with Crippen LogP contribution >= 0.6 is 0 Å². The lowest BCUT2D eigenvalue weighted by Crippen LogP contribution is -2.30. The first-order valence-corrected chi connectivity index (χ1v) is 6.58. The van der Waals surface area contributed by atoms with Crippen LogP contribution in [0.1, 0.15) is 25.6 Å². The molecule has 1 fully saturated rings. The van der Waals surface area contributed by atoms with Crippen LogP contribution in [0.2, 0.25) is 0 Å². The molecular formula is C14H20N4. The Hall–Kier alpha value is -1.55. The normalized spacial score (nSPS) is 17.5. The molecule has 1 aliphatic rings. The Balaban J connectivity index is 1.77. The van der Waals surface area contributed by atoms with Gasteiger partial charge < -0.3 is 10.7 Å². The third-order valence-electron chi connectivity index (χ3n) is 3.95. The highest BCUT2D eigenvalue weighted by molar-refractivity contribution is 5.78. The number of rotatable bonds is 4. The lowest BCUT2D eigenvalue weighted by atomic mass is 10.2. The second-order valence-electron chi connectivity index (χ2n) is 5.45. The van der Waals surface area contributed by atoms with Crippen molar-refractivity contribution < 1.29 is 0 Å². The van der Waals surface area contributed by atoms with Gasteiger partial charge in [-0.05, 0) is 50.9 Å². The summed E-state index contributed by atoms with van der Waals surface area (Å²) in [5.41, 5.74) is 8.57. The van der Waals surface area contributed by atoms with E-state index in [0.717, 1.165) is 35.0 Å². The van der Waals surface area contributed by atoms with E-state index >= 15 is 0 Å². The van der Waals surface area contributed by atoms with Crippen LogP contribution in [0, 0.1) is 5.92 Å². The minimum atomic E-state index is 0.642. The van der Waals surface area contributed by atoms with Crippen LogP contribution in [0.15, 0.2) is 18.2 Å². The number of aromatic amines is 1. The first-order chi connectivity index (χ1) is 8.63. The van der Waals surface area contributed by atoms with Gasteiger partial charge in [0.25, 0.3) is 0 Å². The van der Waals surface area contributed by atoms with Crippen LogP contribution in [0.4, 0.5) is 5.69 Å². The maximum Gasteiger partial charge on any atom is 0.121 e. The molecule has 1 unspecified atom stereocenters. The highest BCUT2D eigenvalue weighted by atomic mass is 15.2. The number of nitrogen functional groups attached to an aromatic ring is 1. The van der Waals surface area contributed by atoms with Crippen molar-refractivity contribution in [3.05, 3.63) is 24.0 Å². The topological polar surface area (TPSA) is 57.9 Å². The summed E-state index contributed by atoms with van der Waals surface area (Å²) in [5, 5.41) is 0. The molecule has 1 aliphatic carbocycles. The Morgan fingerprint density at radius 3 is 3.00 bits per heavy atom. The van der Waals surface area contributed by atoms with Crippen molar-refractivity contribution in [1.82, 2.24) is 14.9 Å². The second kappa shape index (κ2) is 4.28. The van der Waals surface area contributed by atoms with E-state index in [4.69, 9.17) is 5.73 Å². The fraction of sp³-hybridized carbons (Fsp3) is 0.500. The van der Waals surface area contributed by atoms with E-state index in [1.807, 2.05) is 18.2 Å². The minimum Gasteiger partial charge on any atom is -0.399 e. The zero-order valence-corrected chi connectivity index (χ0v) is 11.0. The maximum atomic E-state index is 5.77. The van der Waals surface area contributed by atoms with Gasteiger partial charge in [-0.15, -0.1) is 0 Å². The van der Waals surface area contributed by atoms with Gasteiger partial charge in [0.2, 0.25) is 0 Å². The molecule has 0 amide bonds. The van der Waals surface area contributed by atoms with Crippen molar-refractivity contribution in [3.63, 3.8) is 0 Å². The number of fused-ring (bicyclic) bond motifs is 1. The number of imidazole rings is 1. The average molecular weight is 244 g/mol. The zero-order chi connectivity index (χ0) is 12.7. The molecule has 18 heavy (non-hydrogen) atoms. The standard InChI is InChI=1S/C14H20N4/c1-9(10-3-4-10)18(2)8-14-16-12-6-5-11(15)7-13(12)17-14/h5-7,9-10H,3-4,8,15H2,1-2H3,(H,16,17). The smallest absolute Gasteiger partial charge is 0.121 e. The van der Waals surface area contributed by atoms with Crippen molar-refractivity contribution >= 4 is 16.7 Å². The molecule has 0 radical (unpaired) electrons. The molecule has 0 aliphatic heterocycles. The Morgan fingerprint density at radius 2 is 2.28 bits per heavy atom. The molecule has 4 nitrogen and oxygen atoms in total. The number of nitrogens with one attached hydrogen (secondary N) is 1. The molecule has 1 saturated carbocycles. The molecular weight excluding hydrogens is 224 g/mol. The molecule has 1 aromatic heterocycles. The second-order valence-corrected chi connectivity index (χ2v) is 5.45. The molecule has 3 rings (SSSR count). The number of nitrogens with two attached hydrogens (primary N) is 1. The van der Waals surface area contributed by atoms with E-state index in [0.29, 0.717) is 6.04 Å². The zero-order valence-electron chi connectivity index (χ0n) is 11.0. The molecule has 4 heteroatoms. The predicted molar refractivity (Wildman–Crippen MR) is 74.2 cm³/mol. The summed E-state index contributed by atoms with van der Waals surface area (Å²) in [6, 6.07) is 6.44. The highest BCUT2D eigenvalue weighted by Crippen LogP contribution is 2.35. The summed E-state index contributed by atoms with van der Waals surface area (Å²) in [4.78, 5) is 10.3. The van der Waals surface area contributed by atoms with Gasteiger partial charge in [0.15, 0.2) is 0 Å². The highest BCUT2D eigenvalue weighted by Gasteiger charge is 2.30. The fourth-order valence-corrected chi connectivity index (χ4v) is 2.47. The number of anilines is 1. The number of nitrogens with zero attached hydrogens (tertiary/aromatic N) is 2. The number of aromatic nitrogens is 2. The van der Waals surface area contributed by atoms with Gasteiger partial charge in [-0.25, -0.2) is 4.98 Å². The van der Waals surface area contributed by atoms with E-state index in [1.54, 1.807) is 0 Å². The summed E-state index contributed by atoms with van der Waals surface area (Å²) in [6.07, 6.45) is 2.75. The Kier molecular flexibility index (Phi) is 2.74. The summed E-state index contributed by atoms with van der Waals surface area (Å²) in [6.45, 7) is 3.17. The van der Waals surface area contributed by atoms with E-state index in [2.05, 4.69) is 28.8 Å². The van der Waals surface area contributed by atoms with Gasteiger partial charge >= 0.3 is 0 Å². The van der Waals surface area contributed by atoms with Crippen LogP contribution in [0.25, 0.3) is 11.0 Å². The van der Waals surface area contributed by atoms with Crippen LogP contribution in [0.3, 0.4) is 0 Å². The van der Waals surface area contributed by atoms with Gasteiger partial charge in [-0.1, -0.05) is 0 Å². The predicted octanol–water partition coefficient (Wildman–Crippen LogP) is 2.38. The van der Waals surface area contributed by atoms with E-state index in [9.17, 15) is 0 Å². The molecule has 0 spiro atoms. The van der Waals surface area contributed by atoms with Crippen LogP contribution in [-0.2, 0) is 6.54 Å². The summed E-state index contributed by atoms with van der Waals surface area (Å²) < 4.78 is 0. The first kappa shape index (κ1) is 11.5. The van der Waals surface area contributed by atoms with Gasteiger partial charge in [0.05, 0.1) is 17.6 Å². The van der Waals surface area contributed by atoms with Crippen molar-refractivity contribution in [2.24, 2.45) is 5.92 Å². The number of hydrogen-bond donors (Lipinski definition) is 2. The van der Waals surface area contributed by atoms with E-state index in [-0.39, 0.29) is 0 Å². The SMILES string of the molecule is CC(C1CC1)N(C)Cc1nc2ccc(N)cc2[nH]1. The largest absolute Gasteiger partial charge is 0.399 e. The molecule has 2 aromatic rings. The summed E-state index contributed by atoms with van der Waals surface area (Å²) >= 11 is 0. The molecule has 96 valence electrons. The molecule has 0 saturated heterocycles. The number of hydrogen-bond acceptors (Lipinski definition) is 3. The lowest BCUT2D eigenvalue weighted by molar-refractivity contribution is 0.222. The third-order valence-corrected chi connectivity index (χ3v) is 3.95. The number of H-pyrrole nitrogens is 1. The number of benzene rings is 1. The summed E-state index contributed by atoms with van der Waals surface area (Å²) in [7, 11) is 2.17. The average Bonchev–Trinajstić information content (AvgIpc) is 3.10. The van der Waals surface area contributed by atoms with Gasteiger partial charge in [0, 0.05) is 11.7 Å². The van der Waals surface area contributed by atoms with E-state index in [1.165, 1.54) is 12.8 Å². The minimum absolute atomic E-state index is 0.642. The van der Waals surface area contributed by atoms with Crippen LogP contribution in [-0.4, -0.2) is 28.0 Å². The van der Waals surface area contributed by atoms with Crippen molar-refractivity contribution in [3.8, 4) is 0 Å². The van der Waals surface area contributed by atoms with E-state index < -0.39 is 0 Å². The Morgan fingerprint density at radius 1 is 1.50 bits per heavy atom. The Labute approximate surface area is 107 Å². The van der Waals surface area contributed by atoms with Gasteiger partial charge in [0.1, 0.15) is 5.82 Å². The van der Waals surface area contributed by atoms with Crippen molar-refractivity contribution in [2.45, 2.75) is 32.4 Å². The fourth-order valence-electron chi connectivity index (χ4n) is 2.47. The molecule has 0 bridgehead atoms. The molecule has 1 atom stereocenters.